The molecule has 2 aromatic heterocycles. The Morgan fingerprint density at radius 3 is 2.52 bits per heavy atom. The van der Waals surface area contributed by atoms with Crippen molar-refractivity contribution in [2.75, 3.05) is 0 Å². The Kier molecular flexibility index (Phi) is 4.47. The third-order valence-corrected chi connectivity index (χ3v) is 3.43. The van der Waals surface area contributed by atoms with Gasteiger partial charge in [-0.1, -0.05) is 12.1 Å². The van der Waals surface area contributed by atoms with Gasteiger partial charge in [0, 0.05) is 18.8 Å². The third-order valence-electron chi connectivity index (χ3n) is 3.43. The summed E-state index contributed by atoms with van der Waals surface area (Å²) >= 11 is 0. The zero-order chi connectivity index (χ0) is 18.0. The topological polar surface area (TPSA) is 44.9 Å². The summed E-state index contributed by atoms with van der Waals surface area (Å²) in [5.74, 6) is 0.00395. The second-order valence-electron chi connectivity index (χ2n) is 5.46. The van der Waals surface area contributed by atoms with Gasteiger partial charge in [-0.25, -0.2) is 4.39 Å². The number of hydrogen-bond acceptors (Lipinski definition) is 3. The minimum atomic E-state index is -4.54. The van der Waals surface area contributed by atoms with E-state index in [0.29, 0.717) is 12.3 Å². The van der Waals surface area contributed by atoms with Crippen molar-refractivity contribution in [2.45, 2.75) is 19.3 Å². The summed E-state index contributed by atoms with van der Waals surface area (Å²) in [4.78, 5) is 0. The Labute approximate surface area is 140 Å². The molecule has 3 aromatic rings. The van der Waals surface area contributed by atoms with Gasteiger partial charge in [0.25, 0.3) is 0 Å². The van der Waals surface area contributed by atoms with Crippen molar-refractivity contribution in [1.82, 2.24) is 19.6 Å². The molecule has 0 fully saturated rings. The average molecular weight is 354 g/mol. The third kappa shape index (κ3) is 4.17. The highest BCUT2D eigenvalue weighted by Crippen LogP contribution is 2.31. The molecule has 0 unspecified atom stereocenters. The summed E-state index contributed by atoms with van der Waals surface area (Å²) in [6.45, 7) is 0.120. The predicted octanol–water partition coefficient (Wildman–Crippen LogP) is 3.40. The second kappa shape index (κ2) is 6.58. The number of hydrogen-bond donors (Lipinski definition) is 0. The first kappa shape index (κ1) is 17.0. The van der Waals surface area contributed by atoms with Gasteiger partial charge in [-0.3, -0.25) is 9.36 Å². The van der Waals surface area contributed by atoms with Crippen LogP contribution in [0.15, 0.2) is 42.9 Å². The number of nitrogens with zero attached hydrogens (tertiary/aromatic N) is 4. The molecule has 0 amide bonds. The maximum atomic E-state index is 12.9. The lowest BCUT2D eigenvalue weighted by Crippen LogP contribution is -2.10. The second-order valence-corrected chi connectivity index (χ2v) is 5.46. The van der Waals surface area contributed by atoms with Crippen LogP contribution >= 0.6 is 0 Å². The van der Waals surface area contributed by atoms with Crippen LogP contribution in [-0.2, 0) is 26.4 Å². The summed E-state index contributed by atoms with van der Waals surface area (Å²) in [5.41, 5.74) is -0.183. The SMILES string of the molecule is Cn1cc(COc2cnn(Cc3ccc(F)cc3)c2)c(C(F)(F)F)n1. The molecule has 0 N–H and O–H groups in total. The van der Waals surface area contributed by atoms with E-state index < -0.39 is 11.9 Å². The molecule has 0 radical (unpaired) electrons. The van der Waals surface area contributed by atoms with E-state index >= 15 is 0 Å². The molecule has 5 nitrogen and oxygen atoms in total. The van der Waals surface area contributed by atoms with Gasteiger partial charge < -0.3 is 4.74 Å². The molecule has 9 heteroatoms. The molecule has 0 aliphatic carbocycles. The first-order valence-electron chi connectivity index (χ1n) is 7.30. The molecule has 0 aliphatic heterocycles. The monoisotopic (exact) mass is 354 g/mol. The van der Waals surface area contributed by atoms with E-state index in [4.69, 9.17) is 4.74 Å². The Hall–Kier alpha value is -2.84. The zero-order valence-corrected chi connectivity index (χ0v) is 13.2. The fourth-order valence-corrected chi connectivity index (χ4v) is 2.33. The lowest BCUT2D eigenvalue weighted by Gasteiger charge is -2.06. The largest absolute Gasteiger partial charge is 0.485 e. The van der Waals surface area contributed by atoms with Gasteiger partial charge in [0.1, 0.15) is 12.4 Å². The Bertz CT molecular complexity index is 852. The molecule has 2 heterocycles. The number of halogens is 4. The maximum Gasteiger partial charge on any atom is 0.435 e. The van der Waals surface area contributed by atoms with Crippen molar-refractivity contribution in [1.29, 1.82) is 0 Å². The quantitative estimate of drug-likeness (QED) is 0.660. The average Bonchev–Trinajstić information content (AvgIpc) is 3.13. The van der Waals surface area contributed by atoms with Gasteiger partial charge in [0.2, 0.25) is 0 Å². The van der Waals surface area contributed by atoms with E-state index in [2.05, 4.69) is 10.2 Å². The number of alkyl halides is 3. The van der Waals surface area contributed by atoms with Crippen LogP contribution in [0.2, 0.25) is 0 Å². The van der Waals surface area contributed by atoms with E-state index in [1.165, 1.54) is 31.6 Å². The van der Waals surface area contributed by atoms with Crippen LogP contribution in [0.25, 0.3) is 0 Å². The minimum Gasteiger partial charge on any atom is -0.485 e. The Morgan fingerprint density at radius 2 is 1.84 bits per heavy atom. The van der Waals surface area contributed by atoms with Crippen LogP contribution in [0.5, 0.6) is 5.75 Å². The molecule has 132 valence electrons. The molecule has 3 rings (SSSR count). The normalized spacial score (nSPS) is 11.7. The van der Waals surface area contributed by atoms with Crippen molar-refractivity contribution in [2.24, 2.45) is 7.05 Å². The molecule has 0 saturated carbocycles. The van der Waals surface area contributed by atoms with Gasteiger partial charge in [-0.15, -0.1) is 0 Å². The summed E-state index contributed by atoms with van der Waals surface area (Å²) in [6, 6.07) is 5.94. The summed E-state index contributed by atoms with van der Waals surface area (Å²) in [7, 11) is 1.42. The fraction of sp³-hybridized carbons (Fsp3) is 0.250. The molecule has 0 atom stereocenters. The first-order chi connectivity index (χ1) is 11.8. The van der Waals surface area contributed by atoms with E-state index in [0.717, 1.165) is 10.2 Å². The fourth-order valence-electron chi connectivity index (χ4n) is 2.33. The lowest BCUT2D eigenvalue weighted by atomic mass is 10.2. The summed E-state index contributed by atoms with van der Waals surface area (Å²) in [6.07, 6.45) is -0.293. The molecule has 0 bridgehead atoms. The predicted molar refractivity (Wildman–Crippen MR) is 80.3 cm³/mol. The van der Waals surface area contributed by atoms with E-state index in [-0.39, 0.29) is 18.0 Å². The van der Waals surface area contributed by atoms with Gasteiger partial charge in [0.15, 0.2) is 11.4 Å². The van der Waals surface area contributed by atoms with Crippen LogP contribution in [0.3, 0.4) is 0 Å². The molecule has 0 aliphatic rings. The van der Waals surface area contributed by atoms with Gasteiger partial charge in [-0.05, 0) is 17.7 Å². The minimum absolute atomic E-state index is 0.0544. The Balaban J connectivity index is 1.65. The van der Waals surface area contributed by atoms with Gasteiger partial charge >= 0.3 is 6.18 Å². The number of aryl methyl sites for hydroxylation is 1. The summed E-state index contributed by atoms with van der Waals surface area (Å²) in [5, 5.41) is 7.50. The van der Waals surface area contributed by atoms with Crippen molar-refractivity contribution in [3.8, 4) is 5.75 Å². The van der Waals surface area contributed by atoms with Gasteiger partial charge in [-0.2, -0.15) is 23.4 Å². The van der Waals surface area contributed by atoms with Crippen LogP contribution in [0.1, 0.15) is 16.8 Å². The highest BCUT2D eigenvalue weighted by atomic mass is 19.4. The van der Waals surface area contributed by atoms with E-state index in [9.17, 15) is 17.6 Å². The molecule has 0 saturated heterocycles. The van der Waals surface area contributed by atoms with Crippen molar-refractivity contribution < 1.29 is 22.3 Å². The molecule has 0 spiro atoms. The number of benzene rings is 1. The van der Waals surface area contributed by atoms with Crippen LogP contribution in [-0.4, -0.2) is 19.6 Å². The molecule has 1 aromatic carbocycles. The standard InChI is InChI=1S/C16H14F4N4O/c1-23-8-12(15(22-23)16(18,19)20)10-25-14-6-21-24(9-14)7-11-2-4-13(17)5-3-11/h2-6,8-9H,7,10H2,1H3. The molecular formula is C16H14F4N4O. The number of rotatable bonds is 5. The smallest absolute Gasteiger partial charge is 0.435 e. The first-order valence-corrected chi connectivity index (χ1v) is 7.30. The van der Waals surface area contributed by atoms with Crippen LogP contribution in [0, 0.1) is 5.82 Å². The highest BCUT2D eigenvalue weighted by molar-refractivity contribution is 5.22. The van der Waals surface area contributed by atoms with E-state index in [1.807, 2.05) is 0 Å². The molecular weight excluding hydrogens is 340 g/mol. The molecule has 25 heavy (non-hydrogen) atoms. The number of aromatic nitrogens is 4. The lowest BCUT2D eigenvalue weighted by molar-refractivity contribution is -0.142. The van der Waals surface area contributed by atoms with E-state index in [1.54, 1.807) is 23.0 Å². The maximum absolute atomic E-state index is 12.9. The number of ether oxygens (including phenoxy) is 1. The summed E-state index contributed by atoms with van der Waals surface area (Å²) < 4.78 is 59.6. The highest BCUT2D eigenvalue weighted by Gasteiger charge is 2.37. The zero-order valence-electron chi connectivity index (χ0n) is 13.2. The van der Waals surface area contributed by atoms with Gasteiger partial charge in [0.05, 0.1) is 18.9 Å². The van der Waals surface area contributed by atoms with Crippen LogP contribution in [0.4, 0.5) is 17.6 Å². The van der Waals surface area contributed by atoms with Crippen LogP contribution < -0.4 is 4.74 Å². The van der Waals surface area contributed by atoms with Crippen molar-refractivity contribution in [3.63, 3.8) is 0 Å². The Morgan fingerprint density at radius 1 is 1.12 bits per heavy atom. The van der Waals surface area contributed by atoms with Crippen molar-refractivity contribution in [3.05, 3.63) is 65.5 Å². The van der Waals surface area contributed by atoms with Crippen molar-refractivity contribution >= 4 is 0 Å².